The molecule has 1 unspecified atom stereocenters. The first-order valence-corrected chi connectivity index (χ1v) is 11.6. The van der Waals surface area contributed by atoms with Gasteiger partial charge in [-0.05, 0) is 37.6 Å². The van der Waals surface area contributed by atoms with Gasteiger partial charge in [0.1, 0.15) is 0 Å². The Bertz CT molecular complexity index is 821. The van der Waals surface area contributed by atoms with E-state index in [1.54, 1.807) is 6.07 Å². The zero-order chi connectivity index (χ0) is 21.1. The topological polar surface area (TPSA) is 69.7 Å². The Labute approximate surface area is 169 Å². The lowest BCUT2D eigenvalue weighted by molar-refractivity contribution is -0.137. The van der Waals surface area contributed by atoms with Crippen LogP contribution in [0.3, 0.4) is 0 Å². The summed E-state index contributed by atoms with van der Waals surface area (Å²) >= 11 is 0. The van der Waals surface area contributed by atoms with Crippen LogP contribution in [-0.4, -0.2) is 70.0 Å². The molecular formula is C19H26F3N3O3S. The van der Waals surface area contributed by atoms with Crippen LogP contribution in [0.25, 0.3) is 0 Å². The van der Waals surface area contributed by atoms with Crippen LogP contribution in [0, 0.1) is 5.92 Å². The Hall–Kier alpha value is -1.81. The lowest BCUT2D eigenvalue weighted by Gasteiger charge is -2.36. The van der Waals surface area contributed by atoms with E-state index in [2.05, 4.69) is 10.2 Å². The molecular weight excluding hydrogens is 407 g/mol. The second-order valence-corrected chi connectivity index (χ2v) is 9.85. The molecule has 0 radical (unpaired) electrons. The van der Waals surface area contributed by atoms with Crippen molar-refractivity contribution >= 4 is 21.4 Å². The Balaban J connectivity index is 1.37. The number of nitrogens with zero attached hydrogens (tertiary/aromatic N) is 2. The molecule has 2 aliphatic rings. The molecule has 0 spiro atoms. The van der Waals surface area contributed by atoms with Gasteiger partial charge in [0.05, 0.1) is 23.0 Å². The number of carbonyl (C=O) groups is 1. The van der Waals surface area contributed by atoms with Gasteiger partial charge in [-0.1, -0.05) is 6.07 Å². The van der Waals surface area contributed by atoms with E-state index < -0.39 is 27.5 Å². The summed E-state index contributed by atoms with van der Waals surface area (Å²) in [6.45, 7) is 4.04. The SMILES string of the molecule is O=C(NCCCN1CCN(c2cccc(C(F)(F)F)c2)CC1)C1CCS(=O)(=O)C1. The molecule has 1 amide bonds. The standard InChI is InChI=1S/C19H26F3N3O3S/c20-19(21,22)16-3-1-4-17(13-16)25-10-8-24(9-11-25)7-2-6-23-18(26)15-5-12-29(27,28)14-15/h1,3-4,13,15H,2,5-12,14H2,(H,23,26). The Kier molecular flexibility index (Phi) is 6.72. The predicted molar refractivity (Wildman–Crippen MR) is 104 cm³/mol. The molecule has 6 nitrogen and oxygen atoms in total. The number of halogens is 3. The smallest absolute Gasteiger partial charge is 0.369 e. The first-order valence-electron chi connectivity index (χ1n) is 9.77. The van der Waals surface area contributed by atoms with Gasteiger partial charge in [-0.15, -0.1) is 0 Å². The fourth-order valence-electron chi connectivity index (χ4n) is 3.77. The van der Waals surface area contributed by atoms with Crippen molar-refractivity contribution in [2.75, 3.05) is 55.7 Å². The molecule has 2 aliphatic heterocycles. The van der Waals surface area contributed by atoms with Gasteiger partial charge in [0, 0.05) is 38.4 Å². The highest BCUT2D eigenvalue weighted by Gasteiger charge is 2.33. The fraction of sp³-hybridized carbons (Fsp3) is 0.632. The summed E-state index contributed by atoms with van der Waals surface area (Å²) in [5.41, 5.74) is -0.0542. The van der Waals surface area contributed by atoms with Crippen LogP contribution < -0.4 is 10.2 Å². The normalized spacial score (nSPS) is 22.6. The Morgan fingerprint density at radius 1 is 1.17 bits per heavy atom. The molecule has 29 heavy (non-hydrogen) atoms. The minimum atomic E-state index is -4.34. The number of benzene rings is 1. The van der Waals surface area contributed by atoms with Crippen LogP contribution in [0.4, 0.5) is 18.9 Å². The van der Waals surface area contributed by atoms with Gasteiger partial charge >= 0.3 is 6.18 Å². The Morgan fingerprint density at radius 3 is 2.52 bits per heavy atom. The molecule has 0 saturated carbocycles. The van der Waals surface area contributed by atoms with Gasteiger partial charge in [0.25, 0.3) is 0 Å². The van der Waals surface area contributed by atoms with Crippen molar-refractivity contribution in [3.63, 3.8) is 0 Å². The highest BCUT2D eigenvalue weighted by Crippen LogP contribution is 2.31. The van der Waals surface area contributed by atoms with E-state index in [0.29, 0.717) is 31.7 Å². The maximum absolute atomic E-state index is 12.9. The number of nitrogens with one attached hydrogen (secondary N) is 1. The molecule has 1 N–H and O–H groups in total. The summed E-state index contributed by atoms with van der Waals surface area (Å²) in [6, 6.07) is 5.40. The lowest BCUT2D eigenvalue weighted by atomic mass is 10.1. The van der Waals surface area contributed by atoms with E-state index in [-0.39, 0.29) is 17.4 Å². The predicted octanol–water partition coefficient (Wildman–Crippen LogP) is 1.77. The zero-order valence-electron chi connectivity index (χ0n) is 16.1. The second-order valence-electron chi connectivity index (χ2n) is 7.62. The molecule has 2 saturated heterocycles. The molecule has 1 atom stereocenters. The largest absolute Gasteiger partial charge is 0.416 e. The molecule has 2 fully saturated rings. The van der Waals surface area contributed by atoms with Crippen LogP contribution >= 0.6 is 0 Å². The number of hydrogen-bond acceptors (Lipinski definition) is 5. The van der Waals surface area contributed by atoms with E-state index >= 15 is 0 Å². The highest BCUT2D eigenvalue weighted by molar-refractivity contribution is 7.91. The van der Waals surface area contributed by atoms with Gasteiger partial charge in [0.15, 0.2) is 9.84 Å². The molecule has 2 heterocycles. The minimum Gasteiger partial charge on any atom is -0.369 e. The average molecular weight is 433 g/mol. The first-order chi connectivity index (χ1) is 13.6. The number of anilines is 1. The number of rotatable bonds is 6. The number of alkyl halides is 3. The van der Waals surface area contributed by atoms with Crippen molar-refractivity contribution in [1.82, 2.24) is 10.2 Å². The summed E-state index contributed by atoms with van der Waals surface area (Å²) in [7, 11) is -3.06. The van der Waals surface area contributed by atoms with E-state index in [4.69, 9.17) is 0 Å². The van der Waals surface area contributed by atoms with Gasteiger partial charge in [-0.25, -0.2) is 8.42 Å². The van der Waals surface area contributed by atoms with E-state index in [1.165, 1.54) is 12.1 Å². The monoisotopic (exact) mass is 433 g/mol. The van der Waals surface area contributed by atoms with Crippen LogP contribution in [0.5, 0.6) is 0 Å². The van der Waals surface area contributed by atoms with Crippen LogP contribution in [-0.2, 0) is 20.8 Å². The molecule has 0 bridgehead atoms. The van der Waals surface area contributed by atoms with Crippen LogP contribution in [0.15, 0.2) is 24.3 Å². The maximum Gasteiger partial charge on any atom is 0.416 e. The van der Waals surface area contributed by atoms with Crippen molar-refractivity contribution in [2.24, 2.45) is 5.92 Å². The summed E-state index contributed by atoms with van der Waals surface area (Å²) in [6.07, 6.45) is -3.20. The highest BCUT2D eigenvalue weighted by atomic mass is 32.2. The Morgan fingerprint density at radius 2 is 1.90 bits per heavy atom. The third-order valence-electron chi connectivity index (χ3n) is 5.46. The van der Waals surface area contributed by atoms with Crippen molar-refractivity contribution in [2.45, 2.75) is 19.0 Å². The number of carbonyl (C=O) groups excluding carboxylic acids is 1. The third kappa shape index (κ3) is 6.08. The minimum absolute atomic E-state index is 0.0592. The number of amides is 1. The summed E-state index contributed by atoms with van der Waals surface area (Å²) in [5, 5.41) is 2.81. The van der Waals surface area contributed by atoms with Crippen molar-refractivity contribution < 1.29 is 26.4 Å². The third-order valence-corrected chi connectivity index (χ3v) is 7.23. The van der Waals surface area contributed by atoms with Crippen molar-refractivity contribution in [3.8, 4) is 0 Å². The van der Waals surface area contributed by atoms with Crippen LogP contribution in [0.2, 0.25) is 0 Å². The number of hydrogen-bond donors (Lipinski definition) is 1. The number of piperazine rings is 1. The molecule has 162 valence electrons. The molecule has 0 aliphatic carbocycles. The van der Waals surface area contributed by atoms with Gasteiger partial charge in [0.2, 0.25) is 5.91 Å². The quantitative estimate of drug-likeness (QED) is 0.693. The van der Waals surface area contributed by atoms with Crippen molar-refractivity contribution in [3.05, 3.63) is 29.8 Å². The van der Waals surface area contributed by atoms with E-state index in [9.17, 15) is 26.4 Å². The summed E-state index contributed by atoms with van der Waals surface area (Å²) in [5.74, 6) is -0.603. The molecule has 10 heteroatoms. The zero-order valence-corrected chi connectivity index (χ0v) is 16.9. The lowest BCUT2D eigenvalue weighted by Crippen LogP contribution is -2.47. The van der Waals surface area contributed by atoms with Gasteiger partial charge in [-0.3, -0.25) is 9.69 Å². The van der Waals surface area contributed by atoms with E-state index in [1.807, 2.05) is 4.90 Å². The summed E-state index contributed by atoms with van der Waals surface area (Å²) < 4.78 is 61.5. The fourth-order valence-corrected chi connectivity index (χ4v) is 5.51. The van der Waals surface area contributed by atoms with Gasteiger partial charge < -0.3 is 10.2 Å². The van der Waals surface area contributed by atoms with Crippen LogP contribution in [0.1, 0.15) is 18.4 Å². The molecule has 1 aromatic rings. The van der Waals surface area contributed by atoms with E-state index in [0.717, 1.165) is 32.1 Å². The summed E-state index contributed by atoms with van der Waals surface area (Å²) in [4.78, 5) is 16.2. The second kappa shape index (κ2) is 8.91. The average Bonchev–Trinajstić information content (AvgIpc) is 3.05. The molecule has 0 aromatic heterocycles. The first kappa shape index (κ1) is 21.9. The molecule has 1 aromatic carbocycles. The van der Waals surface area contributed by atoms with Gasteiger partial charge in [-0.2, -0.15) is 13.2 Å². The maximum atomic E-state index is 12.9. The number of sulfone groups is 1. The van der Waals surface area contributed by atoms with Crippen molar-refractivity contribution in [1.29, 1.82) is 0 Å². The molecule has 3 rings (SSSR count).